The summed E-state index contributed by atoms with van der Waals surface area (Å²) in [4.78, 5) is 27.0. The van der Waals surface area contributed by atoms with E-state index >= 15 is 0 Å². The number of ether oxygens (including phenoxy) is 4. The molecule has 1 aromatic carbocycles. The van der Waals surface area contributed by atoms with Crippen molar-refractivity contribution < 1.29 is 48.7 Å². The molecule has 0 spiro atoms. The number of aliphatic carboxylic acids is 3. The maximum atomic E-state index is 9.00. The van der Waals surface area contributed by atoms with Gasteiger partial charge in [-0.05, 0) is 0 Å². The van der Waals surface area contributed by atoms with Crippen molar-refractivity contribution in [2.24, 2.45) is 0 Å². The summed E-state index contributed by atoms with van der Waals surface area (Å²) in [5, 5.41) is 22.2. The molecule has 153 valence electrons. The number of methoxy groups -OCH3 is 3. The molecule has 0 atom stereocenters. The minimum atomic E-state index is -0.833. The van der Waals surface area contributed by atoms with Gasteiger partial charge in [0, 0.05) is 20.8 Å². The van der Waals surface area contributed by atoms with Crippen molar-refractivity contribution >= 4 is 46.8 Å². The molecule has 0 aromatic heterocycles. The molecule has 3 N–H and O–H groups in total. The van der Waals surface area contributed by atoms with Crippen molar-refractivity contribution in [3.8, 4) is 17.2 Å². The van der Waals surface area contributed by atoms with Crippen LogP contribution in [-0.2, 0) is 19.1 Å². The zero-order valence-corrected chi connectivity index (χ0v) is 19.9. The summed E-state index contributed by atoms with van der Waals surface area (Å²) in [5.74, 6) is -0.309. The predicted octanol–water partition coefficient (Wildman–Crippen LogP) is 0.753. The normalized spacial score (nSPS) is 8.26. The monoisotopic (exact) mass is 585 g/mol. The van der Waals surface area contributed by atoms with Gasteiger partial charge in [-0.25, -0.2) is 0 Å². The number of hydrogen-bond donors (Lipinski definition) is 3. The summed E-state index contributed by atoms with van der Waals surface area (Å²) in [6, 6.07) is 3.75. The molecule has 3 radical (unpaired) electrons. The zero-order chi connectivity index (χ0) is 22.0. The first-order valence-corrected chi connectivity index (χ1v) is 9.05. The van der Waals surface area contributed by atoms with Crippen LogP contribution in [0.5, 0.6) is 17.2 Å². The Bertz CT molecular complexity index is 534. The van der Waals surface area contributed by atoms with Crippen LogP contribution in [0.1, 0.15) is 20.8 Å². The predicted molar refractivity (Wildman–Crippen MR) is 97.4 cm³/mol. The molecule has 0 aliphatic heterocycles. The third-order valence-electron chi connectivity index (χ3n) is 1.82. The van der Waals surface area contributed by atoms with Gasteiger partial charge in [0.1, 0.15) is 0 Å². The summed E-state index contributed by atoms with van der Waals surface area (Å²) in [7, 11) is 4.81. The van der Waals surface area contributed by atoms with Crippen LogP contribution in [0.25, 0.3) is 0 Å². The fourth-order valence-electron chi connectivity index (χ4n) is 1.10. The van der Waals surface area contributed by atoms with E-state index in [9.17, 15) is 0 Å². The second-order valence-electron chi connectivity index (χ2n) is 4.31. The summed E-state index contributed by atoms with van der Waals surface area (Å²) in [5.41, 5.74) is 0. The Morgan fingerprint density at radius 1 is 0.815 bits per heavy atom. The second-order valence-corrected chi connectivity index (χ2v) is 6.41. The fourth-order valence-corrected chi connectivity index (χ4v) is 2.17. The van der Waals surface area contributed by atoms with Gasteiger partial charge in [0.15, 0.2) is 0 Å². The molecule has 0 aliphatic rings. The van der Waals surface area contributed by atoms with E-state index in [4.69, 9.17) is 48.7 Å². The first kappa shape index (κ1) is 29.7. The van der Waals surface area contributed by atoms with E-state index in [1.165, 1.54) is 0 Å². The molecule has 0 amide bonds. The molecule has 0 fully saturated rings. The zero-order valence-electron chi connectivity index (χ0n) is 16.1. The van der Waals surface area contributed by atoms with E-state index in [0.29, 0.717) is 5.75 Å². The maximum absolute atomic E-state index is 9.00. The van der Waals surface area contributed by atoms with E-state index in [2.05, 4.69) is 0 Å². The van der Waals surface area contributed by atoms with Gasteiger partial charge in [-0.15, -0.1) is 0 Å². The van der Waals surface area contributed by atoms with Gasteiger partial charge >= 0.3 is 105 Å². The summed E-state index contributed by atoms with van der Waals surface area (Å²) >= 11 is 0.880. The van der Waals surface area contributed by atoms with E-state index in [0.717, 1.165) is 61.2 Å². The molecule has 11 heteroatoms. The van der Waals surface area contributed by atoms with Gasteiger partial charge in [0.05, 0.1) is 0 Å². The average Bonchev–Trinajstić information content (AvgIpc) is 2.51. The van der Waals surface area contributed by atoms with E-state index in [1.807, 2.05) is 12.1 Å². The molecule has 10 nitrogen and oxygen atoms in total. The van der Waals surface area contributed by atoms with Gasteiger partial charge in [0.2, 0.25) is 0 Å². The summed E-state index contributed by atoms with van der Waals surface area (Å²) in [6.45, 7) is 3.49. The Labute approximate surface area is 173 Å². The van der Waals surface area contributed by atoms with Crippen LogP contribution in [0.3, 0.4) is 0 Å². The number of hydrogen-bond acceptors (Lipinski definition) is 7. The van der Waals surface area contributed by atoms with Crippen LogP contribution < -0.4 is 17.3 Å². The van der Waals surface area contributed by atoms with Gasteiger partial charge in [-0.3, -0.25) is 14.4 Å². The van der Waals surface area contributed by atoms with Crippen molar-refractivity contribution in [1.29, 1.82) is 0 Å². The Hall–Kier alpha value is -2.09. The molecular weight excluding hydrogens is 559 g/mol. The van der Waals surface area contributed by atoms with Gasteiger partial charge in [0.25, 0.3) is 17.9 Å². The molecule has 0 saturated carbocycles. The van der Waals surface area contributed by atoms with Gasteiger partial charge < -0.3 is 15.3 Å². The molecule has 1 rings (SSSR count). The van der Waals surface area contributed by atoms with Crippen LogP contribution >= 0.6 is 0 Å². The number of rotatable bonds is 5. The van der Waals surface area contributed by atoms with Crippen molar-refractivity contribution in [3.05, 3.63) is 12.1 Å². The summed E-state index contributed by atoms with van der Waals surface area (Å²) < 4.78 is 21.7. The third kappa shape index (κ3) is 23.9. The first-order chi connectivity index (χ1) is 12.4. The van der Waals surface area contributed by atoms with Crippen molar-refractivity contribution in [2.45, 2.75) is 20.8 Å². The second kappa shape index (κ2) is 18.7. The Kier molecular flexibility index (Phi) is 20.5. The molecule has 0 saturated heterocycles. The van der Waals surface area contributed by atoms with Crippen LogP contribution in [0, 0.1) is 0 Å². The number of carbonyl (C=O) groups is 3. The van der Waals surface area contributed by atoms with Crippen molar-refractivity contribution in [1.82, 2.24) is 0 Å². The SMILES string of the molecule is CC(=O)O.CC(=O)O.CC(=O)O.COCOc1cc(OC)c(OC)c[c]1[Pb]. The topological polar surface area (TPSA) is 149 Å². The van der Waals surface area contributed by atoms with Crippen LogP contribution in [0.2, 0.25) is 0 Å². The Balaban J connectivity index is -0.000000394. The van der Waals surface area contributed by atoms with Crippen LogP contribution in [-0.4, -0.2) is 87.1 Å². The van der Waals surface area contributed by atoms with Gasteiger partial charge in [-0.2, -0.15) is 0 Å². The van der Waals surface area contributed by atoms with E-state index in [-0.39, 0.29) is 6.79 Å². The van der Waals surface area contributed by atoms with Crippen LogP contribution in [0.15, 0.2) is 12.1 Å². The minimum absolute atomic E-state index is 0.241. The van der Waals surface area contributed by atoms with Crippen molar-refractivity contribution in [2.75, 3.05) is 28.1 Å². The average molecular weight is 585 g/mol. The molecule has 0 aliphatic carbocycles. The fraction of sp³-hybridized carbons (Fsp3) is 0.438. The molecule has 0 heterocycles. The van der Waals surface area contributed by atoms with Crippen LogP contribution in [0.4, 0.5) is 0 Å². The molecule has 27 heavy (non-hydrogen) atoms. The number of carboxylic acid groups (broad SMARTS) is 3. The molecule has 1 aromatic rings. The standard InChI is InChI=1S/C10H13O4.3C2H4O2.Pb/c1-11-7-14-8-4-5-9(12-2)10(6-8)13-3;3*1-2(3)4;/h5-6H,7H2,1-3H3;3*1H3,(H,3,4);. The summed E-state index contributed by atoms with van der Waals surface area (Å²) in [6.07, 6.45) is 0. The van der Waals surface area contributed by atoms with E-state index in [1.54, 1.807) is 21.3 Å². The Morgan fingerprint density at radius 2 is 1.15 bits per heavy atom. The van der Waals surface area contributed by atoms with E-state index < -0.39 is 17.9 Å². The number of benzene rings is 1. The third-order valence-corrected chi connectivity index (χ3v) is 3.34. The van der Waals surface area contributed by atoms with Gasteiger partial charge in [-0.1, -0.05) is 0 Å². The first-order valence-electron chi connectivity index (χ1n) is 7.10. The quantitative estimate of drug-likeness (QED) is 0.335. The molecule has 0 unspecified atom stereocenters. The molecular formula is C16H25O10Pb. The molecule has 0 bridgehead atoms. The number of carboxylic acids is 3. The Morgan fingerprint density at radius 3 is 1.44 bits per heavy atom. The van der Waals surface area contributed by atoms with Crippen molar-refractivity contribution in [3.63, 3.8) is 0 Å².